The van der Waals surface area contributed by atoms with Crippen LogP contribution in [0.1, 0.15) is 18.4 Å². The number of guanidine groups is 1. The van der Waals surface area contributed by atoms with E-state index in [-0.39, 0.29) is 4.75 Å². The van der Waals surface area contributed by atoms with Crippen molar-refractivity contribution in [3.05, 3.63) is 23.8 Å². The second-order valence-electron chi connectivity index (χ2n) is 7.84. The van der Waals surface area contributed by atoms with Crippen LogP contribution in [-0.4, -0.2) is 94.0 Å². The minimum Gasteiger partial charge on any atom is -0.497 e. The fraction of sp³-hybridized carbons (Fsp3) is 0.682. The molecule has 0 aromatic heterocycles. The predicted molar refractivity (Wildman–Crippen MR) is 124 cm³/mol. The third-order valence-electron chi connectivity index (χ3n) is 6.17. The number of thioether (sulfide) groups is 1. The number of hydrogen-bond acceptors (Lipinski definition) is 6. The number of hydrogen-bond donors (Lipinski definition) is 1. The lowest BCUT2D eigenvalue weighted by molar-refractivity contribution is 0.0779. The van der Waals surface area contributed by atoms with E-state index in [1.54, 1.807) is 14.2 Å². The SMILES string of the molecule is CN=C(NCC1(SC)CCOCC1)N1CCN(Cc2cc(OC)ccc2OC)CC1. The molecule has 8 heteroatoms. The van der Waals surface area contributed by atoms with Crippen molar-refractivity contribution in [1.29, 1.82) is 0 Å². The van der Waals surface area contributed by atoms with Crippen molar-refractivity contribution in [2.75, 3.05) is 73.5 Å². The predicted octanol–water partition coefficient (Wildman–Crippen LogP) is 2.31. The number of nitrogens with one attached hydrogen (secondary N) is 1. The number of methoxy groups -OCH3 is 2. The van der Waals surface area contributed by atoms with Crippen molar-refractivity contribution < 1.29 is 14.2 Å². The van der Waals surface area contributed by atoms with Gasteiger partial charge in [0.15, 0.2) is 5.96 Å². The Hall–Kier alpha value is -1.64. The molecule has 0 aliphatic carbocycles. The Bertz CT molecular complexity index is 702. The first-order valence-electron chi connectivity index (χ1n) is 10.6. The molecule has 168 valence electrons. The highest BCUT2D eigenvalue weighted by molar-refractivity contribution is 8.00. The smallest absolute Gasteiger partial charge is 0.193 e. The minimum absolute atomic E-state index is 0.249. The maximum absolute atomic E-state index is 5.56. The van der Waals surface area contributed by atoms with Crippen LogP contribution in [0.15, 0.2) is 23.2 Å². The van der Waals surface area contributed by atoms with Crippen LogP contribution in [0.5, 0.6) is 11.5 Å². The van der Waals surface area contributed by atoms with Gasteiger partial charge >= 0.3 is 0 Å². The van der Waals surface area contributed by atoms with Crippen molar-refractivity contribution in [2.45, 2.75) is 24.1 Å². The van der Waals surface area contributed by atoms with E-state index in [2.05, 4.69) is 32.4 Å². The molecule has 2 fully saturated rings. The van der Waals surface area contributed by atoms with Gasteiger partial charge < -0.3 is 24.4 Å². The maximum Gasteiger partial charge on any atom is 0.193 e. The first kappa shape index (κ1) is 23.0. The Kier molecular flexibility index (Phi) is 8.53. The van der Waals surface area contributed by atoms with Crippen molar-refractivity contribution in [1.82, 2.24) is 15.1 Å². The summed E-state index contributed by atoms with van der Waals surface area (Å²) in [7, 11) is 5.30. The van der Waals surface area contributed by atoms with Crippen LogP contribution >= 0.6 is 11.8 Å². The molecule has 3 rings (SSSR count). The van der Waals surface area contributed by atoms with E-state index in [9.17, 15) is 0 Å². The van der Waals surface area contributed by atoms with Crippen LogP contribution < -0.4 is 14.8 Å². The molecule has 0 amide bonds. The van der Waals surface area contributed by atoms with E-state index < -0.39 is 0 Å². The van der Waals surface area contributed by atoms with Crippen LogP contribution in [0.3, 0.4) is 0 Å². The molecule has 7 nitrogen and oxygen atoms in total. The van der Waals surface area contributed by atoms with Gasteiger partial charge in [-0.05, 0) is 37.3 Å². The molecule has 2 saturated heterocycles. The van der Waals surface area contributed by atoms with Crippen molar-refractivity contribution >= 4 is 17.7 Å². The molecule has 2 heterocycles. The quantitative estimate of drug-likeness (QED) is 0.520. The van der Waals surface area contributed by atoms with Gasteiger partial charge in [0.2, 0.25) is 0 Å². The Labute approximate surface area is 185 Å². The summed E-state index contributed by atoms with van der Waals surface area (Å²) in [6.45, 7) is 7.40. The van der Waals surface area contributed by atoms with Crippen LogP contribution in [0.25, 0.3) is 0 Å². The zero-order valence-electron chi connectivity index (χ0n) is 18.8. The Morgan fingerprint density at radius 2 is 1.90 bits per heavy atom. The summed E-state index contributed by atoms with van der Waals surface area (Å²) in [6.07, 6.45) is 4.39. The topological polar surface area (TPSA) is 58.6 Å². The van der Waals surface area contributed by atoms with Gasteiger partial charge in [0.05, 0.1) is 14.2 Å². The Balaban J connectivity index is 1.53. The number of rotatable bonds is 7. The van der Waals surface area contributed by atoms with Gasteiger partial charge in [-0.1, -0.05) is 0 Å². The summed E-state index contributed by atoms with van der Waals surface area (Å²) < 4.78 is 16.7. The minimum atomic E-state index is 0.249. The highest BCUT2D eigenvalue weighted by Gasteiger charge is 2.32. The average molecular weight is 437 g/mol. The highest BCUT2D eigenvalue weighted by atomic mass is 32.2. The summed E-state index contributed by atoms with van der Waals surface area (Å²) in [6, 6.07) is 5.99. The van der Waals surface area contributed by atoms with Gasteiger partial charge in [-0.3, -0.25) is 9.89 Å². The number of piperazine rings is 1. The summed E-state index contributed by atoms with van der Waals surface area (Å²) in [5.41, 5.74) is 1.16. The average Bonchev–Trinajstić information content (AvgIpc) is 2.81. The van der Waals surface area contributed by atoms with Crippen LogP contribution in [-0.2, 0) is 11.3 Å². The summed E-state index contributed by atoms with van der Waals surface area (Å²) in [4.78, 5) is 9.39. The molecule has 1 aromatic carbocycles. The lowest BCUT2D eigenvalue weighted by Gasteiger charge is -2.39. The molecule has 1 N–H and O–H groups in total. The summed E-state index contributed by atoms with van der Waals surface area (Å²) in [5, 5.41) is 3.64. The monoisotopic (exact) mass is 436 g/mol. The molecular formula is C22H36N4O3S. The highest BCUT2D eigenvalue weighted by Crippen LogP contribution is 2.33. The number of benzene rings is 1. The first-order chi connectivity index (χ1) is 14.6. The number of nitrogens with zero attached hydrogens (tertiary/aromatic N) is 3. The summed E-state index contributed by atoms with van der Waals surface area (Å²) >= 11 is 1.95. The largest absolute Gasteiger partial charge is 0.497 e. The van der Waals surface area contributed by atoms with Gasteiger partial charge in [-0.15, -0.1) is 0 Å². The van der Waals surface area contributed by atoms with Crippen LogP contribution in [0.4, 0.5) is 0 Å². The van der Waals surface area contributed by atoms with Gasteiger partial charge in [0, 0.05) is 69.8 Å². The second kappa shape index (κ2) is 11.1. The van der Waals surface area contributed by atoms with Crippen molar-refractivity contribution in [2.24, 2.45) is 4.99 Å². The lowest BCUT2D eigenvalue weighted by atomic mass is 9.99. The maximum atomic E-state index is 5.56. The number of aliphatic imine (C=N–C) groups is 1. The van der Waals surface area contributed by atoms with Crippen LogP contribution in [0.2, 0.25) is 0 Å². The molecule has 0 saturated carbocycles. The van der Waals surface area contributed by atoms with E-state index in [4.69, 9.17) is 14.2 Å². The normalized spacial score (nSPS) is 20.1. The van der Waals surface area contributed by atoms with Gasteiger partial charge in [0.25, 0.3) is 0 Å². The molecule has 1 aromatic rings. The first-order valence-corrected chi connectivity index (χ1v) is 11.9. The molecule has 0 unspecified atom stereocenters. The molecule has 2 aliphatic heterocycles. The molecule has 30 heavy (non-hydrogen) atoms. The lowest BCUT2D eigenvalue weighted by Crippen LogP contribution is -2.54. The van der Waals surface area contributed by atoms with E-state index in [0.717, 1.165) is 88.3 Å². The molecule has 0 spiro atoms. The fourth-order valence-corrected chi connectivity index (χ4v) is 4.92. The third-order valence-corrected chi connectivity index (χ3v) is 7.59. The van der Waals surface area contributed by atoms with Crippen molar-refractivity contribution in [3.8, 4) is 11.5 Å². The van der Waals surface area contributed by atoms with E-state index >= 15 is 0 Å². The Morgan fingerprint density at radius 1 is 1.17 bits per heavy atom. The Morgan fingerprint density at radius 3 is 2.50 bits per heavy atom. The summed E-state index contributed by atoms with van der Waals surface area (Å²) in [5.74, 6) is 2.79. The number of ether oxygens (including phenoxy) is 3. The van der Waals surface area contributed by atoms with E-state index in [1.165, 1.54) is 0 Å². The third kappa shape index (κ3) is 5.74. The van der Waals surface area contributed by atoms with Crippen molar-refractivity contribution in [3.63, 3.8) is 0 Å². The molecular weight excluding hydrogens is 400 g/mol. The van der Waals surface area contributed by atoms with E-state index in [0.29, 0.717) is 0 Å². The fourth-order valence-electron chi connectivity index (χ4n) is 4.13. The molecule has 0 atom stereocenters. The van der Waals surface area contributed by atoms with E-state index in [1.807, 2.05) is 30.9 Å². The van der Waals surface area contributed by atoms with Gasteiger partial charge in [-0.25, -0.2) is 0 Å². The molecule has 0 radical (unpaired) electrons. The molecule has 2 aliphatic rings. The van der Waals surface area contributed by atoms with Gasteiger partial charge in [0.1, 0.15) is 11.5 Å². The second-order valence-corrected chi connectivity index (χ2v) is 9.12. The van der Waals surface area contributed by atoms with Crippen LogP contribution in [0, 0.1) is 0 Å². The zero-order valence-corrected chi connectivity index (χ0v) is 19.6. The standard InChI is InChI=1S/C22H36N4O3S/c1-23-21(24-17-22(30-4)7-13-29-14-8-22)26-11-9-25(10-12-26)16-18-15-19(27-2)5-6-20(18)28-3/h5-6,15H,7-14,16-17H2,1-4H3,(H,23,24). The molecule has 0 bridgehead atoms. The zero-order chi connectivity index (χ0) is 21.4. The van der Waals surface area contributed by atoms with Gasteiger partial charge in [-0.2, -0.15) is 11.8 Å².